The van der Waals surface area contributed by atoms with Crippen molar-refractivity contribution in [3.63, 3.8) is 0 Å². The monoisotopic (exact) mass is 255 g/mol. The molecule has 0 aliphatic carbocycles. The Kier molecular flexibility index (Phi) is 2.47. The Bertz CT molecular complexity index is 338. The maximum Gasteiger partial charge on any atom is 0.146 e. The highest BCUT2D eigenvalue weighted by molar-refractivity contribution is 9.10. The molecule has 0 unspecified atom stereocenters. The molecule has 0 amide bonds. The molecule has 4 heteroatoms. The van der Waals surface area contributed by atoms with Gasteiger partial charge in [0.15, 0.2) is 0 Å². The van der Waals surface area contributed by atoms with Crippen LogP contribution in [0.25, 0.3) is 0 Å². The van der Waals surface area contributed by atoms with Crippen LogP contribution in [0.5, 0.6) is 0 Å². The van der Waals surface area contributed by atoms with Crippen LogP contribution in [0.15, 0.2) is 17.0 Å². The number of aromatic nitrogens is 2. The lowest BCUT2D eigenvalue weighted by Gasteiger charge is -2.33. The number of nitrogens with zero attached hydrogens (tertiary/aromatic N) is 3. The summed E-state index contributed by atoms with van der Waals surface area (Å²) in [6, 6.07) is 0. The molecule has 14 heavy (non-hydrogen) atoms. The predicted octanol–water partition coefficient (Wildman–Crippen LogP) is 2.62. The van der Waals surface area contributed by atoms with Crippen molar-refractivity contribution in [2.45, 2.75) is 32.2 Å². The zero-order chi connectivity index (χ0) is 10.2. The first kappa shape index (κ1) is 9.90. The van der Waals surface area contributed by atoms with Crippen molar-refractivity contribution in [2.75, 3.05) is 11.4 Å². The molecule has 0 atom stereocenters. The number of hydrogen-bond donors (Lipinski definition) is 0. The molecule has 0 N–H and O–H groups in total. The van der Waals surface area contributed by atoms with Crippen LogP contribution in [0.4, 0.5) is 5.82 Å². The Morgan fingerprint density at radius 1 is 1.50 bits per heavy atom. The van der Waals surface area contributed by atoms with E-state index in [9.17, 15) is 0 Å². The summed E-state index contributed by atoms with van der Waals surface area (Å²) in [5.74, 6) is 1.02. The molecule has 2 heterocycles. The minimum atomic E-state index is 0.219. The number of hydrogen-bond acceptors (Lipinski definition) is 3. The molecule has 0 radical (unpaired) electrons. The average molecular weight is 256 g/mol. The Labute approximate surface area is 92.7 Å². The minimum Gasteiger partial charge on any atom is -0.350 e. The molecule has 1 saturated heterocycles. The topological polar surface area (TPSA) is 29.0 Å². The van der Waals surface area contributed by atoms with Gasteiger partial charge >= 0.3 is 0 Å². The van der Waals surface area contributed by atoms with Gasteiger partial charge in [-0.2, -0.15) is 0 Å². The molecule has 1 aliphatic heterocycles. The number of rotatable bonds is 1. The fourth-order valence-corrected chi connectivity index (χ4v) is 2.44. The van der Waals surface area contributed by atoms with Crippen LogP contribution >= 0.6 is 15.9 Å². The summed E-state index contributed by atoms with van der Waals surface area (Å²) in [4.78, 5) is 10.6. The van der Waals surface area contributed by atoms with Gasteiger partial charge in [-0.25, -0.2) is 9.97 Å². The first-order chi connectivity index (χ1) is 6.61. The van der Waals surface area contributed by atoms with Gasteiger partial charge in [0.05, 0.1) is 4.47 Å². The lowest BCUT2D eigenvalue weighted by molar-refractivity contribution is 0.513. The van der Waals surface area contributed by atoms with Crippen LogP contribution in [0.1, 0.15) is 26.7 Å². The Balaban J connectivity index is 2.36. The molecule has 1 fully saturated rings. The van der Waals surface area contributed by atoms with Crippen molar-refractivity contribution in [3.05, 3.63) is 17.0 Å². The van der Waals surface area contributed by atoms with Gasteiger partial charge in [0.1, 0.15) is 12.1 Å². The lowest BCUT2D eigenvalue weighted by atomic mass is 10.0. The quantitative estimate of drug-likeness (QED) is 0.773. The summed E-state index contributed by atoms with van der Waals surface area (Å²) in [6.07, 6.45) is 5.87. The third kappa shape index (κ3) is 1.63. The van der Waals surface area contributed by atoms with Crippen molar-refractivity contribution in [1.29, 1.82) is 0 Å². The van der Waals surface area contributed by atoms with E-state index in [0.717, 1.165) is 16.8 Å². The van der Waals surface area contributed by atoms with Gasteiger partial charge in [-0.05, 0) is 42.6 Å². The zero-order valence-electron chi connectivity index (χ0n) is 8.50. The van der Waals surface area contributed by atoms with Crippen LogP contribution in [-0.2, 0) is 0 Å². The molecule has 0 spiro atoms. The smallest absolute Gasteiger partial charge is 0.146 e. The Morgan fingerprint density at radius 3 is 2.86 bits per heavy atom. The highest BCUT2D eigenvalue weighted by Gasteiger charge is 2.33. The summed E-state index contributed by atoms with van der Waals surface area (Å²) in [5.41, 5.74) is 0.219. The molecular formula is C10H14BrN3. The van der Waals surface area contributed by atoms with Gasteiger partial charge in [0, 0.05) is 18.3 Å². The minimum absolute atomic E-state index is 0.219. The maximum absolute atomic E-state index is 4.32. The molecule has 1 aliphatic rings. The van der Waals surface area contributed by atoms with Crippen molar-refractivity contribution in [3.8, 4) is 0 Å². The van der Waals surface area contributed by atoms with Gasteiger partial charge in [0.25, 0.3) is 0 Å². The first-order valence-electron chi connectivity index (χ1n) is 4.84. The van der Waals surface area contributed by atoms with E-state index in [0.29, 0.717) is 0 Å². The molecular weight excluding hydrogens is 242 g/mol. The molecule has 0 bridgehead atoms. The summed E-state index contributed by atoms with van der Waals surface area (Å²) in [7, 11) is 0. The average Bonchev–Trinajstić information content (AvgIpc) is 2.46. The van der Waals surface area contributed by atoms with Gasteiger partial charge in [0.2, 0.25) is 0 Å². The van der Waals surface area contributed by atoms with E-state index in [1.54, 1.807) is 12.5 Å². The lowest BCUT2D eigenvalue weighted by Crippen LogP contribution is -2.38. The number of halogens is 1. The van der Waals surface area contributed by atoms with Crippen LogP contribution in [0.3, 0.4) is 0 Å². The molecule has 0 saturated carbocycles. The second-order valence-electron chi connectivity index (χ2n) is 4.26. The van der Waals surface area contributed by atoms with E-state index < -0.39 is 0 Å². The van der Waals surface area contributed by atoms with Crippen LogP contribution < -0.4 is 4.90 Å². The largest absolute Gasteiger partial charge is 0.350 e. The fourth-order valence-electron chi connectivity index (χ4n) is 2.00. The van der Waals surface area contributed by atoms with E-state index >= 15 is 0 Å². The van der Waals surface area contributed by atoms with Crippen LogP contribution in [0.2, 0.25) is 0 Å². The van der Waals surface area contributed by atoms with E-state index in [4.69, 9.17) is 0 Å². The predicted molar refractivity (Wildman–Crippen MR) is 60.4 cm³/mol. The molecule has 1 aromatic rings. The molecule has 2 rings (SSSR count). The van der Waals surface area contributed by atoms with E-state index in [2.05, 4.69) is 44.6 Å². The highest BCUT2D eigenvalue weighted by Crippen LogP contribution is 2.35. The number of anilines is 1. The van der Waals surface area contributed by atoms with E-state index in [1.165, 1.54) is 12.8 Å². The van der Waals surface area contributed by atoms with Gasteiger partial charge in [-0.15, -0.1) is 0 Å². The van der Waals surface area contributed by atoms with Crippen LogP contribution in [-0.4, -0.2) is 22.1 Å². The van der Waals surface area contributed by atoms with E-state index in [-0.39, 0.29) is 5.54 Å². The van der Waals surface area contributed by atoms with Crippen LogP contribution in [0, 0.1) is 0 Å². The molecule has 76 valence electrons. The molecule has 3 nitrogen and oxygen atoms in total. The summed E-state index contributed by atoms with van der Waals surface area (Å²) in [6.45, 7) is 5.60. The first-order valence-corrected chi connectivity index (χ1v) is 5.64. The summed E-state index contributed by atoms with van der Waals surface area (Å²) >= 11 is 3.49. The summed E-state index contributed by atoms with van der Waals surface area (Å²) < 4.78 is 0.981. The van der Waals surface area contributed by atoms with Crippen molar-refractivity contribution >= 4 is 21.7 Å². The summed E-state index contributed by atoms with van der Waals surface area (Å²) in [5, 5.41) is 0. The molecule has 1 aromatic heterocycles. The third-order valence-electron chi connectivity index (χ3n) is 2.80. The Hall–Kier alpha value is -0.640. The third-order valence-corrected chi connectivity index (χ3v) is 3.36. The standard InChI is InChI=1S/C10H14BrN3/c1-10(2)4-3-5-14(10)9-8(11)6-12-7-13-9/h6-7H,3-5H2,1-2H3. The van der Waals surface area contributed by atoms with Crippen molar-refractivity contribution in [1.82, 2.24) is 9.97 Å². The van der Waals surface area contributed by atoms with Gasteiger partial charge in [-0.1, -0.05) is 0 Å². The van der Waals surface area contributed by atoms with Gasteiger partial charge < -0.3 is 4.90 Å². The Morgan fingerprint density at radius 2 is 2.29 bits per heavy atom. The second-order valence-corrected chi connectivity index (χ2v) is 5.12. The normalized spacial score (nSPS) is 20.1. The van der Waals surface area contributed by atoms with Crippen molar-refractivity contribution < 1.29 is 0 Å². The highest BCUT2D eigenvalue weighted by atomic mass is 79.9. The molecule has 0 aromatic carbocycles. The zero-order valence-corrected chi connectivity index (χ0v) is 10.1. The van der Waals surface area contributed by atoms with Crippen molar-refractivity contribution in [2.24, 2.45) is 0 Å². The maximum atomic E-state index is 4.32. The second kappa shape index (κ2) is 3.50. The van der Waals surface area contributed by atoms with E-state index in [1.807, 2.05) is 0 Å². The fraction of sp³-hybridized carbons (Fsp3) is 0.600. The van der Waals surface area contributed by atoms with Gasteiger partial charge in [-0.3, -0.25) is 0 Å². The SMILES string of the molecule is CC1(C)CCCN1c1ncncc1Br.